The molecule has 2 aromatic rings. The highest BCUT2D eigenvalue weighted by molar-refractivity contribution is 5.92. The van der Waals surface area contributed by atoms with Gasteiger partial charge in [0.15, 0.2) is 0 Å². The smallest absolute Gasteiger partial charge is 0.274 e. The van der Waals surface area contributed by atoms with Crippen LogP contribution in [0.1, 0.15) is 46.9 Å². The molecule has 1 aliphatic carbocycles. The zero-order valence-electron chi connectivity index (χ0n) is 14.8. The summed E-state index contributed by atoms with van der Waals surface area (Å²) in [5.41, 5.74) is 3.36. The van der Waals surface area contributed by atoms with Crippen molar-refractivity contribution in [1.29, 1.82) is 0 Å². The first-order chi connectivity index (χ1) is 12.2. The fraction of sp³-hybridized carbons (Fsp3) is 0.500. The highest BCUT2D eigenvalue weighted by Crippen LogP contribution is 2.25. The van der Waals surface area contributed by atoms with Crippen LogP contribution >= 0.6 is 0 Å². The number of fused-ring (bicyclic) bond motifs is 1. The fourth-order valence-electron chi connectivity index (χ4n) is 4.07. The number of carbonyl (C=O) groups is 1. The Bertz CT molecular complexity index is 748. The second-order valence-electron chi connectivity index (χ2n) is 7.26. The molecule has 1 aromatic carbocycles. The van der Waals surface area contributed by atoms with Crippen LogP contribution in [-0.4, -0.2) is 46.8 Å². The third-order valence-corrected chi connectivity index (χ3v) is 5.66. The van der Waals surface area contributed by atoms with Gasteiger partial charge in [0.05, 0.1) is 6.04 Å². The van der Waals surface area contributed by atoms with Gasteiger partial charge in [0.2, 0.25) is 0 Å². The summed E-state index contributed by atoms with van der Waals surface area (Å²) in [5, 5.41) is 7.98. The summed E-state index contributed by atoms with van der Waals surface area (Å²) in [7, 11) is 1.92. The SMILES string of the molecule is CN(C(=O)c1ccn(C2CCCNC2)n1)C1CCc2ccccc2C1. The summed E-state index contributed by atoms with van der Waals surface area (Å²) >= 11 is 0. The van der Waals surface area contributed by atoms with Gasteiger partial charge in [-0.05, 0) is 55.8 Å². The quantitative estimate of drug-likeness (QED) is 0.935. The molecular formula is C20H26N4O. The van der Waals surface area contributed by atoms with E-state index in [-0.39, 0.29) is 11.9 Å². The van der Waals surface area contributed by atoms with Gasteiger partial charge in [-0.3, -0.25) is 9.48 Å². The van der Waals surface area contributed by atoms with Crippen LogP contribution in [0.3, 0.4) is 0 Å². The molecule has 1 aliphatic heterocycles. The van der Waals surface area contributed by atoms with Crippen molar-refractivity contribution in [3.05, 3.63) is 53.3 Å². The molecule has 1 aromatic heterocycles. The van der Waals surface area contributed by atoms with Crippen molar-refractivity contribution in [2.24, 2.45) is 0 Å². The van der Waals surface area contributed by atoms with E-state index in [0.29, 0.717) is 11.7 Å². The van der Waals surface area contributed by atoms with E-state index in [1.54, 1.807) is 0 Å². The number of aromatic nitrogens is 2. The van der Waals surface area contributed by atoms with Gasteiger partial charge in [-0.25, -0.2) is 0 Å². The van der Waals surface area contributed by atoms with E-state index in [2.05, 4.69) is 34.7 Å². The van der Waals surface area contributed by atoms with Gasteiger partial charge < -0.3 is 10.2 Å². The summed E-state index contributed by atoms with van der Waals surface area (Å²) in [6.45, 7) is 2.01. The van der Waals surface area contributed by atoms with Crippen LogP contribution in [0.2, 0.25) is 0 Å². The largest absolute Gasteiger partial charge is 0.337 e. The van der Waals surface area contributed by atoms with Crippen molar-refractivity contribution in [3.63, 3.8) is 0 Å². The molecule has 25 heavy (non-hydrogen) atoms. The highest BCUT2D eigenvalue weighted by Gasteiger charge is 2.27. The summed E-state index contributed by atoms with van der Waals surface area (Å²) in [4.78, 5) is 14.8. The van der Waals surface area contributed by atoms with Crippen molar-refractivity contribution in [3.8, 4) is 0 Å². The minimum atomic E-state index is 0.0342. The van der Waals surface area contributed by atoms with Crippen LogP contribution in [0.15, 0.2) is 36.5 Å². The molecule has 0 bridgehead atoms. The first-order valence-electron chi connectivity index (χ1n) is 9.32. The maximum atomic E-state index is 12.9. The summed E-state index contributed by atoms with van der Waals surface area (Å²) < 4.78 is 1.96. The van der Waals surface area contributed by atoms with Crippen LogP contribution in [-0.2, 0) is 12.8 Å². The lowest BCUT2D eigenvalue weighted by atomic mass is 9.87. The number of hydrogen-bond acceptors (Lipinski definition) is 3. The molecule has 0 radical (unpaired) electrons. The molecule has 132 valence electrons. The fourth-order valence-corrected chi connectivity index (χ4v) is 4.07. The first-order valence-corrected chi connectivity index (χ1v) is 9.32. The van der Waals surface area contributed by atoms with Gasteiger partial charge in [0.25, 0.3) is 5.91 Å². The number of nitrogens with one attached hydrogen (secondary N) is 1. The average Bonchev–Trinajstić information content (AvgIpc) is 3.17. The number of nitrogens with zero attached hydrogens (tertiary/aromatic N) is 3. The Morgan fingerprint density at radius 3 is 2.88 bits per heavy atom. The number of hydrogen-bond donors (Lipinski definition) is 1. The van der Waals surface area contributed by atoms with Crippen molar-refractivity contribution in [2.45, 2.75) is 44.2 Å². The van der Waals surface area contributed by atoms with E-state index in [0.717, 1.165) is 45.2 Å². The monoisotopic (exact) mass is 338 g/mol. The number of benzene rings is 1. The third-order valence-electron chi connectivity index (χ3n) is 5.66. The van der Waals surface area contributed by atoms with E-state index in [4.69, 9.17) is 0 Å². The Morgan fingerprint density at radius 2 is 2.08 bits per heavy atom. The molecule has 2 aliphatic rings. The second-order valence-corrected chi connectivity index (χ2v) is 7.26. The lowest BCUT2D eigenvalue weighted by molar-refractivity contribution is 0.0711. The predicted molar refractivity (Wildman–Crippen MR) is 97.7 cm³/mol. The van der Waals surface area contributed by atoms with Gasteiger partial charge in [0, 0.05) is 25.8 Å². The molecule has 2 unspecified atom stereocenters. The maximum absolute atomic E-state index is 12.9. The van der Waals surface area contributed by atoms with Gasteiger partial charge in [-0.2, -0.15) is 5.10 Å². The molecule has 0 spiro atoms. The van der Waals surface area contributed by atoms with Gasteiger partial charge in [0.1, 0.15) is 5.69 Å². The van der Waals surface area contributed by atoms with E-state index >= 15 is 0 Å². The molecule has 2 heterocycles. The van der Waals surface area contributed by atoms with E-state index < -0.39 is 0 Å². The molecule has 5 heteroatoms. The number of rotatable bonds is 3. The van der Waals surface area contributed by atoms with Crippen LogP contribution < -0.4 is 5.32 Å². The van der Waals surface area contributed by atoms with Crippen molar-refractivity contribution < 1.29 is 4.79 Å². The van der Waals surface area contributed by atoms with E-state index in [9.17, 15) is 4.79 Å². The number of piperidine rings is 1. The topological polar surface area (TPSA) is 50.2 Å². The molecule has 2 atom stereocenters. The summed E-state index contributed by atoms with van der Waals surface area (Å²) in [6.07, 6.45) is 7.24. The molecule has 4 rings (SSSR count). The van der Waals surface area contributed by atoms with Gasteiger partial charge >= 0.3 is 0 Å². The van der Waals surface area contributed by atoms with Crippen LogP contribution in [0.5, 0.6) is 0 Å². The third kappa shape index (κ3) is 3.33. The van der Waals surface area contributed by atoms with Crippen molar-refractivity contribution in [1.82, 2.24) is 20.0 Å². The van der Waals surface area contributed by atoms with Gasteiger partial charge in [-0.1, -0.05) is 24.3 Å². The molecule has 5 nitrogen and oxygen atoms in total. The maximum Gasteiger partial charge on any atom is 0.274 e. The zero-order chi connectivity index (χ0) is 17.2. The standard InChI is InChI=1S/C20H26N4O/c1-23(17-9-8-15-5-2-3-6-16(15)13-17)20(25)19-10-12-24(22-19)18-7-4-11-21-14-18/h2-3,5-6,10,12,17-18,21H,4,7-9,11,13-14H2,1H3. The Hall–Kier alpha value is -2.14. The predicted octanol–water partition coefficient (Wildman–Crippen LogP) is 2.44. The zero-order valence-corrected chi connectivity index (χ0v) is 14.8. The molecule has 1 N–H and O–H groups in total. The van der Waals surface area contributed by atoms with E-state index in [1.807, 2.05) is 28.9 Å². The first kappa shape index (κ1) is 16.3. The summed E-state index contributed by atoms with van der Waals surface area (Å²) in [6, 6.07) is 11.1. The van der Waals surface area contributed by atoms with Crippen LogP contribution in [0.4, 0.5) is 0 Å². The number of amides is 1. The number of carbonyl (C=O) groups excluding carboxylic acids is 1. The molecule has 1 fully saturated rings. The number of aryl methyl sites for hydroxylation is 1. The Labute approximate surface area is 149 Å². The molecule has 0 saturated carbocycles. The van der Waals surface area contributed by atoms with Crippen LogP contribution in [0.25, 0.3) is 0 Å². The van der Waals surface area contributed by atoms with Crippen molar-refractivity contribution in [2.75, 3.05) is 20.1 Å². The Kier molecular flexibility index (Phi) is 4.57. The average molecular weight is 338 g/mol. The molecular weight excluding hydrogens is 312 g/mol. The van der Waals surface area contributed by atoms with E-state index in [1.165, 1.54) is 11.1 Å². The minimum absolute atomic E-state index is 0.0342. The summed E-state index contributed by atoms with van der Waals surface area (Å²) in [5.74, 6) is 0.0342. The Balaban J connectivity index is 1.45. The minimum Gasteiger partial charge on any atom is -0.337 e. The van der Waals surface area contributed by atoms with Gasteiger partial charge in [-0.15, -0.1) is 0 Å². The molecule has 1 amide bonds. The lowest BCUT2D eigenvalue weighted by Crippen LogP contribution is -2.41. The van der Waals surface area contributed by atoms with Crippen LogP contribution in [0, 0.1) is 0 Å². The van der Waals surface area contributed by atoms with Crippen molar-refractivity contribution >= 4 is 5.91 Å². The number of likely N-dealkylation sites (N-methyl/N-ethyl adjacent to an activating group) is 1. The Morgan fingerprint density at radius 1 is 1.24 bits per heavy atom. The highest BCUT2D eigenvalue weighted by atomic mass is 16.2. The molecule has 1 saturated heterocycles. The lowest BCUT2D eigenvalue weighted by Gasteiger charge is -2.32. The normalized spacial score (nSPS) is 23.1. The second kappa shape index (κ2) is 7.00.